The fourth-order valence-electron chi connectivity index (χ4n) is 3.33. The molecule has 170 valence electrons. The summed E-state index contributed by atoms with van der Waals surface area (Å²) in [7, 11) is 0.948. The number of amides is 2. The minimum atomic E-state index is -0.215. The summed E-state index contributed by atoms with van der Waals surface area (Å²) in [6.07, 6.45) is 6.00. The Labute approximate surface area is 187 Å². The van der Waals surface area contributed by atoms with Gasteiger partial charge in [-0.3, -0.25) is 9.59 Å². The number of rotatable bonds is 12. The van der Waals surface area contributed by atoms with Gasteiger partial charge in [0.2, 0.25) is 11.8 Å². The predicted octanol–water partition coefficient (Wildman–Crippen LogP) is 3.08. The lowest BCUT2D eigenvalue weighted by Crippen LogP contribution is -2.43. The Morgan fingerprint density at radius 3 is 2.52 bits per heavy atom. The molecule has 31 heavy (non-hydrogen) atoms. The number of aldehydes is 1. The molecule has 6 nitrogen and oxygen atoms in total. The minimum Gasteiger partial charge on any atom is -0.351 e. The Hall–Kier alpha value is -2.04. The fourth-order valence-corrected chi connectivity index (χ4v) is 5.03. The molecule has 7 heteroatoms. The Morgan fingerprint density at radius 1 is 1.16 bits per heavy atom. The van der Waals surface area contributed by atoms with Crippen LogP contribution in [0.5, 0.6) is 0 Å². The monoisotopic (exact) mass is 445 g/mol. The standard InChI is InChI=1S/C24H36N3O3P/c1-17(7-5-6-8-20(29)25-13-14-28)22-23(31-22)19-11-9-18(10-12-19)15-26-21(30)16-27-24(2,3)4/h6,8-12,14,17,22-23,27,31H,5,7,13,15-16H2,1-4H3,(H,25,29)(H,26,30)/b8-6+. The van der Waals surface area contributed by atoms with Gasteiger partial charge in [0, 0.05) is 17.7 Å². The molecular weight excluding hydrogens is 409 g/mol. The summed E-state index contributed by atoms with van der Waals surface area (Å²) in [5, 5.41) is 8.65. The first kappa shape index (κ1) is 25.2. The van der Waals surface area contributed by atoms with Crippen LogP contribution in [0.4, 0.5) is 0 Å². The first-order chi connectivity index (χ1) is 14.7. The van der Waals surface area contributed by atoms with Crippen molar-refractivity contribution < 1.29 is 14.4 Å². The van der Waals surface area contributed by atoms with Gasteiger partial charge in [0.05, 0.1) is 13.1 Å². The van der Waals surface area contributed by atoms with Crippen LogP contribution in [0, 0.1) is 5.92 Å². The van der Waals surface area contributed by atoms with Crippen LogP contribution in [-0.2, 0) is 20.9 Å². The van der Waals surface area contributed by atoms with Gasteiger partial charge in [0.15, 0.2) is 0 Å². The second kappa shape index (κ2) is 12.1. The van der Waals surface area contributed by atoms with E-state index in [-0.39, 0.29) is 23.9 Å². The number of carbonyl (C=O) groups excluding carboxylic acids is 3. The first-order valence-corrected chi connectivity index (χ1v) is 12.1. The summed E-state index contributed by atoms with van der Waals surface area (Å²) in [5.41, 5.74) is 3.77. The number of nitrogens with one attached hydrogen (secondary N) is 3. The minimum absolute atomic E-state index is 0.00633. The maximum atomic E-state index is 11.9. The van der Waals surface area contributed by atoms with Gasteiger partial charge in [-0.25, -0.2) is 0 Å². The van der Waals surface area contributed by atoms with Crippen molar-refractivity contribution in [2.45, 2.75) is 63.9 Å². The largest absolute Gasteiger partial charge is 0.351 e. The molecule has 0 saturated carbocycles. The van der Waals surface area contributed by atoms with E-state index in [1.165, 1.54) is 11.6 Å². The van der Waals surface area contributed by atoms with Crippen LogP contribution in [0.15, 0.2) is 36.4 Å². The fraction of sp³-hybridized carbons (Fsp3) is 0.542. The highest BCUT2D eigenvalue weighted by atomic mass is 31.1. The van der Waals surface area contributed by atoms with Crippen LogP contribution >= 0.6 is 8.58 Å². The normalized spacial score (nSPS) is 19.9. The number of hydrogen-bond acceptors (Lipinski definition) is 4. The zero-order chi connectivity index (χ0) is 22.9. The lowest BCUT2D eigenvalue weighted by atomic mass is 9.96. The highest BCUT2D eigenvalue weighted by molar-refractivity contribution is 7.48. The Bertz CT molecular complexity index is 771. The van der Waals surface area contributed by atoms with Crippen LogP contribution in [0.3, 0.4) is 0 Å². The average molecular weight is 446 g/mol. The summed E-state index contributed by atoms with van der Waals surface area (Å²) >= 11 is 0. The van der Waals surface area contributed by atoms with Crippen molar-refractivity contribution >= 4 is 26.7 Å². The van der Waals surface area contributed by atoms with Crippen molar-refractivity contribution in [2.24, 2.45) is 5.92 Å². The van der Waals surface area contributed by atoms with Gasteiger partial charge >= 0.3 is 0 Å². The zero-order valence-electron chi connectivity index (χ0n) is 19.0. The molecule has 4 atom stereocenters. The third-order valence-corrected chi connectivity index (χ3v) is 7.21. The summed E-state index contributed by atoms with van der Waals surface area (Å²) < 4.78 is 0. The number of allylic oxidation sites excluding steroid dienone is 1. The SMILES string of the molecule is CC(CC/C=C/C(=O)NCC=O)C1PC1c1ccc(CNC(=O)CNC(C)(C)C)cc1. The van der Waals surface area contributed by atoms with Crippen molar-refractivity contribution in [1.29, 1.82) is 0 Å². The molecule has 0 spiro atoms. The van der Waals surface area contributed by atoms with E-state index in [1.807, 2.05) is 26.8 Å². The quantitative estimate of drug-likeness (QED) is 0.262. The molecule has 3 N–H and O–H groups in total. The maximum absolute atomic E-state index is 11.9. The van der Waals surface area contributed by atoms with E-state index in [9.17, 15) is 14.4 Å². The van der Waals surface area contributed by atoms with E-state index < -0.39 is 0 Å². The Morgan fingerprint density at radius 2 is 1.87 bits per heavy atom. The molecule has 1 heterocycles. The predicted molar refractivity (Wildman–Crippen MR) is 128 cm³/mol. The van der Waals surface area contributed by atoms with Crippen molar-refractivity contribution in [3.63, 3.8) is 0 Å². The van der Waals surface area contributed by atoms with Crippen LogP contribution in [0.1, 0.15) is 57.3 Å². The number of hydrogen-bond donors (Lipinski definition) is 3. The maximum Gasteiger partial charge on any atom is 0.244 e. The van der Waals surface area contributed by atoms with Crippen molar-refractivity contribution in [2.75, 3.05) is 13.1 Å². The second-order valence-electron chi connectivity index (χ2n) is 9.16. The molecule has 1 aromatic rings. The average Bonchev–Trinajstić information content (AvgIpc) is 3.53. The second-order valence-corrected chi connectivity index (χ2v) is 10.8. The molecule has 2 rings (SSSR count). The summed E-state index contributed by atoms with van der Waals surface area (Å²) in [5.74, 6) is 0.403. The Kier molecular flexibility index (Phi) is 9.86. The number of benzene rings is 1. The van der Waals surface area contributed by atoms with Crippen molar-refractivity contribution in [3.8, 4) is 0 Å². The molecule has 1 aromatic carbocycles. The van der Waals surface area contributed by atoms with Gasteiger partial charge < -0.3 is 20.7 Å². The van der Waals surface area contributed by atoms with E-state index in [1.54, 1.807) is 0 Å². The van der Waals surface area contributed by atoms with E-state index in [0.29, 0.717) is 36.6 Å². The first-order valence-electron chi connectivity index (χ1n) is 10.9. The third-order valence-electron chi connectivity index (χ3n) is 5.26. The molecule has 0 bridgehead atoms. The molecule has 1 fully saturated rings. The van der Waals surface area contributed by atoms with Crippen LogP contribution in [-0.4, -0.2) is 42.4 Å². The molecule has 2 amide bonds. The van der Waals surface area contributed by atoms with Crippen molar-refractivity contribution in [3.05, 3.63) is 47.5 Å². The smallest absolute Gasteiger partial charge is 0.244 e. The lowest BCUT2D eigenvalue weighted by molar-refractivity contribution is -0.120. The molecule has 0 aromatic heterocycles. The molecule has 1 aliphatic rings. The van der Waals surface area contributed by atoms with E-state index >= 15 is 0 Å². The third kappa shape index (κ3) is 9.75. The van der Waals surface area contributed by atoms with E-state index in [4.69, 9.17) is 0 Å². The summed E-state index contributed by atoms with van der Waals surface area (Å²) in [6.45, 7) is 9.33. The number of carbonyl (C=O) groups is 3. The van der Waals surface area contributed by atoms with Gasteiger partial charge in [-0.15, -0.1) is 8.58 Å². The van der Waals surface area contributed by atoms with E-state index in [2.05, 4.69) is 47.1 Å². The molecule has 0 radical (unpaired) electrons. The topological polar surface area (TPSA) is 87.3 Å². The van der Waals surface area contributed by atoms with Gasteiger partial charge in [0.1, 0.15) is 6.29 Å². The summed E-state index contributed by atoms with van der Waals surface area (Å²) in [6, 6.07) is 8.60. The van der Waals surface area contributed by atoms with Crippen molar-refractivity contribution in [1.82, 2.24) is 16.0 Å². The highest BCUT2D eigenvalue weighted by Crippen LogP contribution is 2.65. The molecule has 4 unspecified atom stereocenters. The van der Waals surface area contributed by atoms with Crippen LogP contribution in [0.2, 0.25) is 0 Å². The molecule has 0 aliphatic carbocycles. The lowest BCUT2D eigenvalue weighted by Gasteiger charge is -2.20. The summed E-state index contributed by atoms with van der Waals surface area (Å²) in [4.78, 5) is 33.6. The van der Waals surface area contributed by atoms with Gasteiger partial charge in [-0.05, 0) is 62.4 Å². The molecule has 1 saturated heterocycles. The van der Waals surface area contributed by atoms with E-state index in [0.717, 1.165) is 27.0 Å². The highest BCUT2D eigenvalue weighted by Gasteiger charge is 2.41. The van der Waals surface area contributed by atoms with Crippen LogP contribution in [0.25, 0.3) is 0 Å². The zero-order valence-corrected chi connectivity index (χ0v) is 20.0. The van der Waals surface area contributed by atoms with Gasteiger partial charge in [-0.1, -0.05) is 37.3 Å². The van der Waals surface area contributed by atoms with Crippen LogP contribution < -0.4 is 16.0 Å². The molecule has 1 aliphatic heterocycles. The van der Waals surface area contributed by atoms with Gasteiger partial charge in [0.25, 0.3) is 0 Å². The van der Waals surface area contributed by atoms with Gasteiger partial charge in [-0.2, -0.15) is 0 Å². The Balaban J connectivity index is 1.69. The molecular formula is C24H36N3O3P.